The second-order valence-electron chi connectivity index (χ2n) is 3.83. The highest BCUT2D eigenvalue weighted by molar-refractivity contribution is 6.29. The van der Waals surface area contributed by atoms with Crippen molar-refractivity contribution in [1.82, 2.24) is 10.5 Å². The van der Waals surface area contributed by atoms with Gasteiger partial charge < -0.3 is 0 Å². The van der Waals surface area contributed by atoms with Gasteiger partial charge in [-0.2, -0.15) is 0 Å². The highest BCUT2D eigenvalue weighted by Crippen LogP contribution is 2.19. The van der Waals surface area contributed by atoms with Crippen LogP contribution in [0, 0.1) is 0 Å². The molecule has 0 unspecified atom stereocenters. The number of nitrogens with one attached hydrogen (secondary N) is 1. The van der Waals surface area contributed by atoms with Gasteiger partial charge >= 0.3 is 0 Å². The van der Waals surface area contributed by atoms with Crippen molar-refractivity contribution in [3.8, 4) is 0 Å². The van der Waals surface area contributed by atoms with Crippen molar-refractivity contribution < 1.29 is 9.63 Å². The van der Waals surface area contributed by atoms with Crippen LogP contribution >= 0.6 is 11.6 Å². The van der Waals surface area contributed by atoms with E-state index in [0.29, 0.717) is 10.7 Å². The molecule has 0 saturated heterocycles. The summed E-state index contributed by atoms with van der Waals surface area (Å²) < 4.78 is 0. The molecular formula is C11H13ClN2O2. The molecule has 2 rings (SSSR count). The summed E-state index contributed by atoms with van der Waals surface area (Å²) in [5, 5.41) is 0.369. The number of carbonyl (C=O) groups excluding carboxylic acids is 1. The fraction of sp³-hybridized carbons (Fsp3) is 0.455. The Morgan fingerprint density at radius 3 is 2.81 bits per heavy atom. The third kappa shape index (κ3) is 2.93. The lowest BCUT2D eigenvalue weighted by Gasteiger charge is -2.10. The van der Waals surface area contributed by atoms with E-state index < -0.39 is 0 Å². The molecule has 86 valence electrons. The second kappa shape index (κ2) is 5.27. The van der Waals surface area contributed by atoms with E-state index in [9.17, 15) is 4.79 Å². The van der Waals surface area contributed by atoms with Gasteiger partial charge in [0, 0.05) is 6.20 Å². The van der Waals surface area contributed by atoms with Crippen LogP contribution in [0.2, 0.25) is 5.15 Å². The Kier molecular flexibility index (Phi) is 3.74. The summed E-state index contributed by atoms with van der Waals surface area (Å²) in [6, 6.07) is 3.19. The molecule has 0 spiro atoms. The van der Waals surface area contributed by atoms with E-state index in [-0.39, 0.29) is 12.0 Å². The molecule has 1 aromatic heterocycles. The SMILES string of the molecule is O=C(NOC1CCCC1)c1ccc(Cl)nc1. The number of amides is 1. The van der Waals surface area contributed by atoms with Crippen molar-refractivity contribution >= 4 is 17.5 Å². The van der Waals surface area contributed by atoms with Crippen LogP contribution in [0.15, 0.2) is 18.3 Å². The van der Waals surface area contributed by atoms with E-state index in [0.717, 1.165) is 12.8 Å². The van der Waals surface area contributed by atoms with Crippen molar-refractivity contribution in [2.75, 3.05) is 0 Å². The smallest absolute Gasteiger partial charge is 0.270 e. The molecule has 1 aliphatic rings. The van der Waals surface area contributed by atoms with Crippen molar-refractivity contribution in [3.63, 3.8) is 0 Å². The summed E-state index contributed by atoms with van der Waals surface area (Å²) >= 11 is 5.62. The number of aromatic nitrogens is 1. The molecule has 5 heteroatoms. The molecule has 16 heavy (non-hydrogen) atoms. The minimum atomic E-state index is -0.281. The average Bonchev–Trinajstić information content (AvgIpc) is 2.80. The van der Waals surface area contributed by atoms with Gasteiger partial charge in [-0.3, -0.25) is 9.63 Å². The van der Waals surface area contributed by atoms with Crippen LogP contribution in [0.4, 0.5) is 0 Å². The number of carbonyl (C=O) groups is 1. The average molecular weight is 241 g/mol. The first kappa shape index (κ1) is 11.4. The zero-order chi connectivity index (χ0) is 11.4. The highest BCUT2D eigenvalue weighted by Gasteiger charge is 2.17. The summed E-state index contributed by atoms with van der Waals surface area (Å²) in [5.74, 6) is -0.281. The van der Waals surface area contributed by atoms with E-state index in [2.05, 4.69) is 10.5 Å². The van der Waals surface area contributed by atoms with Gasteiger partial charge in [0.25, 0.3) is 5.91 Å². The monoisotopic (exact) mass is 240 g/mol. The van der Waals surface area contributed by atoms with Gasteiger partial charge in [0.1, 0.15) is 5.15 Å². The Bertz CT molecular complexity index is 361. The topological polar surface area (TPSA) is 51.2 Å². The fourth-order valence-corrected chi connectivity index (χ4v) is 1.82. The van der Waals surface area contributed by atoms with E-state index in [1.807, 2.05) is 0 Å². The number of hydrogen-bond acceptors (Lipinski definition) is 3. The van der Waals surface area contributed by atoms with Gasteiger partial charge in [0.05, 0.1) is 11.7 Å². The van der Waals surface area contributed by atoms with Crippen LogP contribution in [-0.4, -0.2) is 17.0 Å². The molecule has 0 aromatic carbocycles. The third-order valence-electron chi connectivity index (χ3n) is 2.61. The van der Waals surface area contributed by atoms with E-state index >= 15 is 0 Å². The molecule has 1 aliphatic carbocycles. The Hall–Kier alpha value is -1.13. The van der Waals surface area contributed by atoms with Crippen LogP contribution in [0.25, 0.3) is 0 Å². The molecule has 1 aromatic rings. The van der Waals surface area contributed by atoms with Gasteiger partial charge in [-0.1, -0.05) is 24.4 Å². The highest BCUT2D eigenvalue weighted by atomic mass is 35.5. The first-order chi connectivity index (χ1) is 7.75. The number of hydrogen-bond donors (Lipinski definition) is 1. The molecule has 0 radical (unpaired) electrons. The predicted molar refractivity (Wildman–Crippen MR) is 60.1 cm³/mol. The number of nitrogens with zero attached hydrogens (tertiary/aromatic N) is 1. The summed E-state index contributed by atoms with van der Waals surface area (Å²) in [6.45, 7) is 0. The number of pyridine rings is 1. The summed E-state index contributed by atoms with van der Waals surface area (Å²) in [6.07, 6.45) is 5.95. The van der Waals surface area contributed by atoms with Crippen LogP contribution in [0.5, 0.6) is 0 Å². The molecule has 1 saturated carbocycles. The van der Waals surface area contributed by atoms with Crippen molar-refractivity contribution in [3.05, 3.63) is 29.0 Å². The zero-order valence-electron chi connectivity index (χ0n) is 8.78. The number of rotatable bonds is 3. The molecule has 1 fully saturated rings. The minimum Gasteiger partial charge on any atom is -0.270 e. The van der Waals surface area contributed by atoms with Crippen LogP contribution in [0.3, 0.4) is 0 Å². The molecular weight excluding hydrogens is 228 g/mol. The van der Waals surface area contributed by atoms with E-state index in [1.54, 1.807) is 12.1 Å². The predicted octanol–water partition coefficient (Wildman–Crippen LogP) is 2.34. The Morgan fingerprint density at radius 2 is 2.19 bits per heavy atom. The van der Waals surface area contributed by atoms with E-state index in [1.165, 1.54) is 19.0 Å². The molecule has 4 nitrogen and oxygen atoms in total. The summed E-state index contributed by atoms with van der Waals surface area (Å²) in [5.41, 5.74) is 2.88. The van der Waals surface area contributed by atoms with Gasteiger partial charge in [-0.25, -0.2) is 10.5 Å². The normalized spacial score (nSPS) is 16.3. The number of hydroxylamine groups is 1. The van der Waals surface area contributed by atoms with Crippen LogP contribution < -0.4 is 5.48 Å². The Labute approximate surface area is 98.9 Å². The Morgan fingerprint density at radius 1 is 1.44 bits per heavy atom. The van der Waals surface area contributed by atoms with Gasteiger partial charge in [-0.05, 0) is 25.0 Å². The van der Waals surface area contributed by atoms with Crippen molar-refractivity contribution in [2.45, 2.75) is 31.8 Å². The maximum absolute atomic E-state index is 11.6. The molecule has 0 bridgehead atoms. The molecule has 1 amide bonds. The lowest BCUT2D eigenvalue weighted by Crippen LogP contribution is -2.28. The van der Waals surface area contributed by atoms with Crippen molar-refractivity contribution in [2.24, 2.45) is 0 Å². The zero-order valence-corrected chi connectivity index (χ0v) is 9.54. The second-order valence-corrected chi connectivity index (χ2v) is 4.21. The molecule has 0 aliphatic heterocycles. The maximum atomic E-state index is 11.6. The van der Waals surface area contributed by atoms with Gasteiger partial charge in [-0.15, -0.1) is 0 Å². The number of halogens is 1. The minimum absolute atomic E-state index is 0.157. The van der Waals surface area contributed by atoms with Gasteiger partial charge in [0.15, 0.2) is 0 Å². The lowest BCUT2D eigenvalue weighted by atomic mass is 10.3. The molecule has 1 heterocycles. The fourth-order valence-electron chi connectivity index (χ4n) is 1.71. The van der Waals surface area contributed by atoms with Crippen LogP contribution in [-0.2, 0) is 4.84 Å². The lowest BCUT2D eigenvalue weighted by molar-refractivity contribution is -0.0125. The Balaban J connectivity index is 1.85. The maximum Gasteiger partial charge on any atom is 0.276 e. The van der Waals surface area contributed by atoms with Gasteiger partial charge in [0.2, 0.25) is 0 Å². The largest absolute Gasteiger partial charge is 0.276 e. The first-order valence-electron chi connectivity index (χ1n) is 5.33. The van der Waals surface area contributed by atoms with Crippen LogP contribution in [0.1, 0.15) is 36.0 Å². The third-order valence-corrected chi connectivity index (χ3v) is 2.83. The van der Waals surface area contributed by atoms with E-state index in [4.69, 9.17) is 16.4 Å². The summed E-state index contributed by atoms with van der Waals surface area (Å²) in [7, 11) is 0. The van der Waals surface area contributed by atoms with Crippen molar-refractivity contribution in [1.29, 1.82) is 0 Å². The summed E-state index contributed by atoms with van der Waals surface area (Å²) in [4.78, 5) is 20.7. The quantitative estimate of drug-likeness (QED) is 0.652. The first-order valence-corrected chi connectivity index (χ1v) is 5.71. The molecule has 1 N–H and O–H groups in total. The molecule has 0 atom stereocenters. The standard InChI is InChI=1S/C11H13ClN2O2/c12-10-6-5-8(7-13-10)11(15)14-16-9-3-1-2-4-9/h5-7,9H,1-4H2,(H,14,15).